The molecule has 0 fully saturated rings. The maximum absolute atomic E-state index is 11.8. The second-order valence-corrected chi connectivity index (χ2v) is 12.4. The van der Waals surface area contributed by atoms with E-state index < -0.39 is 18.2 Å². The Labute approximate surface area is 273 Å². The van der Waals surface area contributed by atoms with Gasteiger partial charge in [-0.05, 0) is 80.5 Å². The molecule has 0 saturated heterocycles. The number of aliphatic hydroxyl groups is 2. The number of esters is 2. The first kappa shape index (κ1) is 36.3. The van der Waals surface area contributed by atoms with E-state index in [0.717, 1.165) is 38.9 Å². The summed E-state index contributed by atoms with van der Waals surface area (Å²) in [5.41, 5.74) is 8.41. The van der Waals surface area contributed by atoms with Crippen molar-refractivity contribution < 1.29 is 38.7 Å². The molecule has 8 heteroatoms. The second kappa shape index (κ2) is 16.4. The average Bonchev–Trinajstić information content (AvgIpc) is 2.98. The van der Waals surface area contributed by atoms with Crippen molar-refractivity contribution >= 4 is 11.9 Å². The lowest BCUT2D eigenvalue weighted by molar-refractivity contribution is -0.150. The Balaban J connectivity index is 1.86. The summed E-state index contributed by atoms with van der Waals surface area (Å²) >= 11 is 0. The Morgan fingerprint density at radius 3 is 1.48 bits per heavy atom. The van der Waals surface area contributed by atoms with E-state index in [-0.39, 0.29) is 49.8 Å². The van der Waals surface area contributed by atoms with Crippen LogP contribution in [0.5, 0.6) is 11.5 Å². The number of rotatable bonds is 15. The van der Waals surface area contributed by atoms with Crippen LogP contribution >= 0.6 is 0 Å². The summed E-state index contributed by atoms with van der Waals surface area (Å²) in [5.74, 6) is 0.0920. The van der Waals surface area contributed by atoms with Gasteiger partial charge in [0.2, 0.25) is 0 Å². The minimum atomic E-state index is -0.982. The molecule has 0 heterocycles. The molecule has 2 N–H and O–H groups in total. The summed E-state index contributed by atoms with van der Waals surface area (Å²) in [6.45, 7) is 18.2. The number of aryl methyl sites for hydroxylation is 5. The number of carbonyl (C=O) groups is 2. The molecule has 0 saturated carbocycles. The highest BCUT2D eigenvalue weighted by Gasteiger charge is 2.22. The van der Waals surface area contributed by atoms with Crippen LogP contribution in [-0.4, -0.2) is 60.8 Å². The van der Waals surface area contributed by atoms with Gasteiger partial charge in [-0.2, -0.15) is 0 Å². The van der Waals surface area contributed by atoms with Crippen molar-refractivity contribution in [2.75, 3.05) is 26.4 Å². The number of carbonyl (C=O) groups excluding carboxylic acids is 2. The fourth-order valence-corrected chi connectivity index (χ4v) is 5.19. The van der Waals surface area contributed by atoms with Crippen LogP contribution in [0.25, 0.3) is 0 Å². The Hall–Kier alpha value is -4.14. The first-order valence-corrected chi connectivity index (χ1v) is 15.6. The Bertz CT molecular complexity index is 1480. The van der Waals surface area contributed by atoms with Crippen LogP contribution in [0, 0.1) is 40.5 Å². The standard InChI is InChI=1S/C38H48O8/c1-22(2)37(41)45-20-32(39)18-43-35-25(6)14-30(15-26(35)7)34(29-12-10-24(5)11-13-29)31-16-27(8)36(28(9)17-31)44-19-33(40)21-46-38(42)23(3)4/h10-17,23,32-34,39-40H,1,18-21H2,2-9H3. The van der Waals surface area contributed by atoms with Gasteiger partial charge in [-0.1, -0.05) is 74.5 Å². The molecule has 3 atom stereocenters. The molecule has 0 aliphatic heterocycles. The van der Waals surface area contributed by atoms with Crippen molar-refractivity contribution in [2.24, 2.45) is 5.92 Å². The molecule has 0 spiro atoms. The summed E-state index contributed by atoms with van der Waals surface area (Å²) in [7, 11) is 0. The number of ether oxygens (including phenoxy) is 4. The van der Waals surface area contributed by atoms with E-state index in [1.807, 2.05) is 27.7 Å². The fourth-order valence-electron chi connectivity index (χ4n) is 5.19. The lowest BCUT2D eigenvalue weighted by Crippen LogP contribution is -2.26. The Morgan fingerprint density at radius 1 is 0.674 bits per heavy atom. The van der Waals surface area contributed by atoms with Crippen molar-refractivity contribution in [1.82, 2.24) is 0 Å². The zero-order valence-corrected chi connectivity index (χ0v) is 28.3. The predicted molar refractivity (Wildman–Crippen MR) is 179 cm³/mol. The molecule has 0 bridgehead atoms. The zero-order chi connectivity index (χ0) is 34.1. The summed E-state index contributed by atoms with van der Waals surface area (Å²) in [5, 5.41) is 20.7. The maximum atomic E-state index is 11.8. The van der Waals surface area contributed by atoms with Gasteiger partial charge in [0, 0.05) is 11.5 Å². The third-order valence-electron chi connectivity index (χ3n) is 7.53. The number of benzene rings is 3. The topological polar surface area (TPSA) is 112 Å². The van der Waals surface area contributed by atoms with Crippen LogP contribution in [0.3, 0.4) is 0 Å². The highest BCUT2D eigenvalue weighted by Crippen LogP contribution is 2.39. The Morgan fingerprint density at radius 2 is 1.09 bits per heavy atom. The van der Waals surface area contributed by atoms with E-state index in [4.69, 9.17) is 18.9 Å². The van der Waals surface area contributed by atoms with Crippen molar-refractivity contribution in [3.05, 3.63) is 105 Å². The molecule has 3 rings (SSSR count). The van der Waals surface area contributed by atoms with Crippen LogP contribution in [0.15, 0.2) is 60.7 Å². The van der Waals surface area contributed by atoms with E-state index in [0.29, 0.717) is 11.5 Å². The fraction of sp³-hybridized carbons (Fsp3) is 0.421. The zero-order valence-electron chi connectivity index (χ0n) is 28.3. The van der Waals surface area contributed by atoms with E-state index in [1.54, 1.807) is 20.8 Å². The van der Waals surface area contributed by atoms with Crippen molar-refractivity contribution in [3.8, 4) is 11.5 Å². The van der Waals surface area contributed by atoms with Crippen molar-refractivity contribution in [3.63, 3.8) is 0 Å². The van der Waals surface area contributed by atoms with E-state index >= 15 is 0 Å². The molecule has 0 aliphatic carbocycles. The summed E-state index contributed by atoms with van der Waals surface area (Å²) in [4.78, 5) is 23.4. The first-order chi connectivity index (χ1) is 21.7. The van der Waals surface area contributed by atoms with Crippen molar-refractivity contribution in [2.45, 2.75) is 73.5 Å². The third-order valence-corrected chi connectivity index (χ3v) is 7.53. The summed E-state index contributed by atoms with van der Waals surface area (Å²) in [6, 6.07) is 16.9. The van der Waals surface area contributed by atoms with Gasteiger partial charge in [-0.25, -0.2) is 4.79 Å². The lowest BCUT2D eigenvalue weighted by Gasteiger charge is -2.24. The summed E-state index contributed by atoms with van der Waals surface area (Å²) in [6.07, 6.45) is -1.93. The molecule has 3 aromatic rings. The summed E-state index contributed by atoms with van der Waals surface area (Å²) < 4.78 is 22.2. The molecule has 8 nitrogen and oxygen atoms in total. The van der Waals surface area contributed by atoms with Crippen LogP contribution in [0.4, 0.5) is 0 Å². The van der Waals surface area contributed by atoms with E-state index in [2.05, 4.69) is 62.0 Å². The van der Waals surface area contributed by atoms with E-state index in [1.165, 1.54) is 5.56 Å². The van der Waals surface area contributed by atoms with Gasteiger partial charge in [0.15, 0.2) is 0 Å². The molecular weight excluding hydrogens is 584 g/mol. The highest BCUT2D eigenvalue weighted by atomic mass is 16.6. The Kier molecular flexibility index (Phi) is 13.0. The monoisotopic (exact) mass is 632 g/mol. The van der Waals surface area contributed by atoms with Gasteiger partial charge >= 0.3 is 11.9 Å². The molecule has 0 amide bonds. The van der Waals surface area contributed by atoms with Gasteiger partial charge in [0.25, 0.3) is 0 Å². The second-order valence-electron chi connectivity index (χ2n) is 12.4. The van der Waals surface area contributed by atoms with Crippen LogP contribution in [-0.2, 0) is 19.1 Å². The SMILES string of the molecule is C=C(C)C(=O)OCC(O)COc1c(C)cc(C(c2ccc(C)cc2)c2cc(C)c(OCC(O)COC(=O)C(C)C)c(C)c2)cc1C. The van der Waals surface area contributed by atoms with Gasteiger partial charge in [-0.15, -0.1) is 0 Å². The van der Waals surface area contributed by atoms with Crippen LogP contribution < -0.4 is 9.47 Å². The quantitative estimate of drug-likeness (QED) is 0.116. The number of hydrogen-bond donors (Lipinski definition) is 2. The highest BCUT2D eigenvalue weighted by molar-refractivity contribution is 5.86. The minimum Gasteiger partial charge on any atom is -0.490 e. The molecule has 46 heavy (non-hydrogen) atoms. The van der Waals surface area contributed by atoms with Gasteiger partial charge < -0.3 is 29.2 Å². The number of aliphatic hydroxyl groups excluding tert-OH is 2. The van der Waals surface area contributed by atoms with Gasteiger partial charge in [0.05, 0.1) is 5.92 Å². The minimum absolute atomic E-state index is 0.00132. The van der Waals surface area contributed by atoms with E-state index in [9.17, 15) is 19.8 Å². The average molecular weight is 633 g/mol. The molecule has 3 aromatic carbocycles. The van der Waals surface area contributed by atoms with Crippen molar-refractivity contribution in [1.29, 1.82) is 0 Å². The molecule has 0 aromatic heterocycles. The number of hydrogen-bond acceptors (Lipinski definition) is 8. The third kappa shape index (κ3) is 9.93. The normalized spacial score (nSPS) is 13.1. The smallest absolute Gasteiger partial charge is 0.333 e. The molecular formula is C38H48O8. The van der Waals surface area contributed by atoms with Gasteiger partial charge in [-0.3, -0.25) is 4.79 Å². The predicted octanol–water partition coefficient (Wildman–Crippen LogP) is 6.21. The van der Waals surface area contributed by atoms with Crippen LogP contribution in [0.1, 0.15) is 71.2 Å². The molecule has 248 valence electrons. The molecule has 0 aliphatic rings. The molecule has 0 radical (unpaired) electrons. The largest absolute Gasteiger partial charge is 0.490 e. The van der Waals surface area contributed by atoms with Gasteiger partial charge in [0.1, 0.15) is 50.1 Å². The molecule has 3 unspecified atom stereocenters. The first-order valence-electron chi connectivity index (χ1n) is 15.6. The maximum Gasteiger partial charge on any atom is 0.333 e. The lowest BCUT2D eigenvalue weighted by atomic mass is 9.82. The van der Waals surface area contributed by atoms with Crippen LogP contribution in [0.2, 0.25) is 0 Å².